The average molecular weight is 495 g/mol. The van der Waals surface area contributed by atoms with Gasteiger partial charge < -0.3 is 19.4 Å². The number of nitrogens with one attached hydrogen (secondary N) is 1. The van der Waals surface area contributed by atoms with Gasteiger partial charge in [-0.1, -0.05) is 44.2 Å². The predicted molar refractivity (Wildman–Crippen MR) is 138 cm³/mol. The van der Waals surface area contributed by atoms with Gasteiger partial charge in [0.2, 0.25) is 0 Å². The number of esters is 1. The van der Waals surface area contributed by atoms with Crippen molar-refractivity contribution in [3.8, 4) is 5.75 Å². The number of aromatic nitrogens is 1. The zero-order valence-electron chi connectivity index (χ0n) is 21.5. The Bertz CT molecular complexity index is 1120. The fourth-order valence-electron chi connectivity index (χ4n) is 5.62. The van der Waals surface area contributed by atoms with E-state index in [1.807, 2.05) is 4.57 Å². The van der Waals surface area contributed by atoms with Gasteiger partial charge in [0, 0.05) is 12.2 Å². The van der Waals surface area contributed by atoms with E-state index in [1.165, 1.54) is 32.8 Å². The number of hydrogen-bond acceptors (Lipinski definition) is 5. The summed E-state index contributed by atoms with van der Waals surface area (Å²) in [6.07, 6.45) is 12.1. The van der Waals surface area contributed by atoms with Crippen molar-refractivity contribution < 1.29 is 19.1 Å². The molecule has 1 aromatic carbocycles. The fourth-order valence-corrected chi connectivity index (χ4v) is 5.62. The van der Waals surface area contributed by atoms with Crippen LogP contribution in [0.2, 0.25) is 0 Å². The van der Waals surface area contributed by atoms with Gasteiger partial charge in [-0.25, -0.2) is 4.79 Å². The van der Waals surface area contributed by atoms with Gasteiger partial charge in [-0.2, -0.15) is 0 Å². The third kappa shape index (κ3) is 6.00. The molecule has 1 N–H and O–H groups in total. The number of carbonyl (C=O) groups is 2. The second-order valence-corrected chi connectivity index (χ2v) is 10.1. The molecule has 0 saturated heterocycles. The summed E-state index contributed by atoms with van der Waals surface area (Å²) < 4.78 is 12.1. The van der Waals surface area contributed by atoms with Crippen LogP contribution in [0.3, 0.4) is 0 Å². The lowest BCUT2D eigenvalue weighted by atomic mass is 9.88. The number of nitrogens with zero attached hydrogens (tertiary/aromatic N) is 1. The summed E-state index contributed by atoms with van der Waals surface area (Å²) in [6, 6.07) is 7.62. The van der Waals surface area contributed by atoms with E-state index in [0.717, 1.165) is 56.2 Å². The lowest BCUT2D eigenvalue weighted by Gasteiger charge is -2.27. The molecule has 0 radical (unpaired) electrons. The number of fused-ring (bicyclic) bond motifs is 1. The van der Waals surface area contributed by atoms with Crippen LogP contribution >= 0.6 is 0 Å². The van der Waals surface area contributed by atoms with Crippen molar-refractivity contribution in [1.82, 2.24) is 9.88 Å². The van der Waals surface area contributed by atoms with Crippen LogP contribution in [0, 0.1) is 5.92 Å². The van der Waals surface area contributed by atoms with E-state index in [2.05, 4.69) is 5.32 Å². The fraction of sp³-hybridized carbons (Fsp3) is 0.552. The summed E-state index contributed by atoms with van der Waals surface area (Å²) in [6.45, 7) is 0.668. The van der Waals surface area contributed by atoms with Gasteiger partial charge in [-0.05, 0) is 73.8 Å². The maximum absolute atomic E-state index is 13.8. The number of amides is 1. The molecule has 1 unspecified atom stereocenters. The van der Waals surface area contributed by atoms with Crippen LogP contribution in [0.15, 0.2) is 35.1 Å². The molecule has 4 rings (SSSR count). The first-order valence-corrected chi connectivity index (χ1v) is 13.3. The Hall–Kier alpha value is -3.09. The molecule has 7 nitrogen and oxygen atoms in total. The molecule has 0 aliphatic heterocycles. The average Bonchev–Trinajstić information content (AvgIpc) is 2.89. The minimum absolute atomic E-state index is 0.104. The summed E-state index contributed by atoms with van der Waals surface area (Å²) in [7, 11) is 2.85. The lowest BCUT2D eigenvalue weighted by Crippen LogP contribution is -2.40. The third-order valence-electron chi connectivity index (χ3n) is 7.67. The zero-order chi connectivity index (χ0) is 25.5. The molecule has 2 aliphatic carbocycles. The second-order valence-electron chi connectivity index (χ2n) is 10.1. The summed E-state index contributed by atoms with van der Waals surface area (Å²) in [5.74, 6) is -0.0388. The maximum atomic E-state index is 13.8. The molecule has 1 saturated carbocycles. The maximum Gasteiger partial charge on any atom is 0.333 e. The molecular weight excluding hydrogens is 456 g/mol. The standard InChI is InChI=1S/C29H38N2O5/c1-35-23-16-14-21(15-17-23)26(29(34)36-2)30-27(32)24-18-22-12-8-3-4-9-13-25(22)31(28(24)33)19-20-10-6-5-7-11-20/h14-18,20,26H,3-13,19H2,1-2H3,(H,30,32). The van der Waals surface area contributed by atoms with E-state index in [-0.39, 0.29) is 11.1 Å². The van der Waals surface area contributed by atoms with Crippen molar-refractivity contribution >= 4 is 11.9 Å². The van der Waals surface area contributed by atoms with Crippen LogP contribution in [-0.4, -0.2) is 30.7 Å². The molecule has 1 aromatic heterocycles. The Kier molecular flexibility index (Phi) is 8.83. The Morgan fingerprint density at radius 2 is 1.64 bits per heavy atom. The molecule has 0 bridgehead atoms. The monoisotopic (exact) mass is 494 g/mol. The minimum atomic E-state index is -1.03. The van der Waals surface area contributed by atoms with Crippen molar-refractivity contribution in [2.75, 3.05) is 14.2 Å². The van der Waals surface area contributed by atoms with Gasteiger partial charge >= 0.3 is 5.97 Å². The molecular formula is C29H38N2O5. The van der Waals surface area contributed by atoms with Crippen molar-refractivity contribution in [1.29, 1.82) is 0 Å². The van der Waals surface area contributed by atoms with E-state index in [0.29, 0.717) is 23.8 Å². The van der Waals surface area contributed by atoms with Gasteiger partial charge in [-0.15, -0.1) is 0 Å². The van der Waals surface area contributed by atoms with E-state index in [1.54, 1.807) is 37.4 Å². The number of methoxy groups -OCH3 is 2. The molecule has 1 atom stereocenters. The molecule has 1 heterocycles. The van der Waals surface area contributed by atoms with Crippen LogP contribution in [0.25, 0.3) is 0 Å². The van der Waals surface area contributed by atoms with Crippen molar-refractivity contribution in [3.63, 3.8) is 0 Å². The van der Waals surface area contributed by atoms with Crippen molar-refractivity contribution in [2.24, 2.45) is 5.92 Å². The highest BCUT2D eigenvalue weighted by atomic mass is 16.5. The number of rotatable bonds is 7. The first-order valence-electron chi connectivity index (χ1n) is 13.3. The Morgan fingerprint density at radius 3 is 2.31 bits per heavy atom. The second kappa shape index (κ2) is 12.2. The molecule has 2 aromatic rings. The molecule has 1 fully saturated rings. The lowest BCUT2D eigenvalue weighted by molar-refractivity contribution is -0.143. The molecule has 36 heavy (non-hydrogen) atoms. The van der Waals surface area contributed by atoms with E-state index < -0.39 is 17.9 Å². The van der Waals surface area contributed by atoms with Crippen LogP contribution in [0.5, 0.6) is 5.75 Å². The highest BCUT2D eigenvalue weighted by Gasteiger charge is 2.28. The minimum Gasteiger partial charge on any atom is -0.497 e. The summed E-state index contributed by atoms with van der Waals surface area (Å²) in [5.41, 5.74) is 2.60. The highest BCUT2D eigenvalue weighted by molar-refractivity contribution is 5.97. The number of ether oxygens (including phenoxy) is 2. The van der Waals surface area contributed by atoms with Gasteiger partial charge in [0.25, 0.3) is 11.5 Å². The van der Waals surface area contributed by atoms with Crippen LogP contribution in [0.4, 0.5) is 0 Å². The largest absolute Gasteiger partial charge is 0.497 e. The van der Waals surface area contributed by atoms with E-state index in [4.69, 9.17) is 9.47 Å². The number of aryl methyl sites for hydroxylation is 1. The summed E-state index contributed by atoms with van der Waals surface area (Å²) in [5, 5.41) is 2.78. The first-order chi connectivity index (χ1) is 17.5. The Labute approximate surface area is 213 Å². The topological polar surface area (TPSA) is 86.6 Å². The first kappa shape index (κ1) is 26.0. The van der Waals surface area contributed by atoms with Crippen LogP contribution in [0.1, 0.15) is 91.0 Å². The Morgan fingerprint density at radius 1 is 0.972 bits per heavy atom. The predicted octanol–water partition coefficient (Wildman–Crippen LogP) is 4.74. The van der Waals surface area contributed by atoms with Crippen molar-refractivity contribution in [3.05, 3.63) is 63.1 Å². The van der Waals surface area contributed by atoms with Gasteiger partial charge in [0.05, 0.1) is 14.2 Å². The van der Waals surface area contributed by atoms with Crippen molar-refractivity contribution in [2.45, 2.75) is 83.2 Å². The van der Waals surface area contributed by atoms with E-state index in [9.17, 15) is 14.4 Å². The van der Waals surface area contributed by atoms with E-state index >= 15 is 0 Å². The normalized spacial score (nSPS) is 17.3. The molecule has 7 heteroatoms. The highest BCUT2D eigenvalue weighted by Crippen LogP contribution is 2.27. The number of benzene rings is 1. The number of carbonyl (C=O) groups excluding carboxylic acids is 2. The quantitative estimate of drug-likeness (QED) is 0.562. The molecule has 1 amide bonds. The summed E-state index contributed by atoms with van der Waals surface area (Å²) in [4.78, 5) is 39.9. The molecule has 194 valence electrons. The molecule has 2 aliphatic rings. The Balaban J connectivity index is 1.69. The zero-order valence-corrected chi connectivity index (χ0v) is 21.5. The smallest absolute Gasteiger partial charge is 0.333 e. The van der Waals surface area contributed by atoms with Crippen LogP contribution < -0.4 is 15.6 Å². The third-order valence-corrected chi connectivity index (χ3v) is 7.67. The number of hydrogen-bond donors (Lipinski definition) is 1. The summed E-state index contributed by atoms with van der Waals surface area (Å²) >= 11 is 0. The van der Waals surface area contributed by atoms with Gasteiger partial charge in [-0.3, -0.25) is 9.59 Å². The van der Waals surface area contributed by atoms with Gasteiger partial charge in [0.15, 0.2) is 6.04 Å². The number of pyridine rings is 1. The van der Waals surface area contributed by atoms with Gasteiger partial charge in [0.1, 0.15) is 11.3 Å². The molecule has 0 spiro atoms. The van der Waals surface area contributed by atoms with Crippen LogP contribution in [-0.2, 0) is 28.9 Å². The SMILES string of the molecule is COC(=O)C(NC(=O)c1cc2c(n(CC3CCCCC3)c1=O)CCCCCC2)c1ccc(OC)cc1.